The SMILES string of the molecule is O=C(NC1CCC(CCO)CC1)c1cccc(Br)c1. The molecule has 0 spiro atoms. The van der Waals surface area contributed by atoms with E-state index in [1.165, 1.54) is 0 Å². The minimum atomic E-state index is 0.00640. The van der Waals surface area contributed by atoms with E-state index in [1.54, 1.807) is 0 Å². The number of rotatable bonds is 4. The Bertz CT molecular complexity index is 428. The van der Waals surface area contributed by atoms with Crippen LogP contribution in [-0.2, 0) is 0 Å². The highest BCUT2D eigenvalue weighted by Crippen LogP contribution is 2.26. The van der Waals surface area contributed by atoms with Gasteiger partial charge in [-0.1, -0.05) is 22.0 Å². The number of aliphatic hydroxyl groups is 1. The normalized spacial score (nSPS) is 23.1. The molecule has 0 unspecified atom stereocenters. The van der Waals surface area contributed by atoms with Gasteiger partial charge in [0.15, 0.2) is 0 Å². The molecule has 0 aliphatic heterocycles. The summed E-state index contributed by atoms with van der Waals surface area (Å²) in [5.74, 6) is 0.635. The number of halogens is 1. The first-order valence-corrected chi connectivity index (χ1v) is 7.65. The predicted molar refractivity (Wildman–Crippen MR) is 79.1 cm³/mol. The third kappa shape index (κ3) is 4.32. The highest BCUT2D eigenvalue weighted by Gasteiger charge is 2.22. The standard InChI is InChI=1S/C15H20BrNO2/c16-13-3-1-2-12(10-13)15(19)17-14-6-4-11(5-7-14)8-9-18/h1-3,10-11,14,18H,4-9H2,(H,17,19). The summed E-state index contributed by atoms with van der Waals surface area (Å²) in [7, 11) is 0. The van der Waals surface area contributed by atoms with Crippen molar-refractivity contribution in [2.45, 2.75) is 38.1 Å². The summed E-state index contributed by atoms with van der Waals surface area (Å²) in [5.41, 5.74) is 0.701. The molecule has 19 heavy (non-hydrogen) atoms. The van der Waals surface area contributed by atoms with Crippen molar-refractivity contribution in [1.82, 2.24) is 5.32 Å². The van der Waals surface area contributed by atoms with Crippen LogP contribution in [0.25, 0.3) is 0 Å². The summed E-state index contributed by atoms with van der Waals surface area (Å²) >= 11 is 3.38. The van der Waals surface area contributed by atoms with E-state index in [1.807, 2.05) is 24.3 Å². The molecule has 0 atom stereocenters. The van der Waals surface area contributed by atoms with Crippen LogP contribution in [-0.4, -0.2) is 23.7 Å². The quantitative estimate of drug-likeness (QED) is 0.893. The molecule has 0 aromatic heterocycles. The molecule has 1 aliphatic rings. The van der Waals surface area contributed by atoms with Crippen molar-refractivity contribution in [3.63, 3.8) is 0 Å². The fraction of sp³-hybridized carbons (Fsp3) is 0.533. The summed E-state index contributed by atoms with van der Waals surface area (Å²) in [6.45, 7) is 0.278. The molecule has 1 aromatic carbocycles. The second-order valence-electron chi connectivity index (χ2n) is 5.21. The van der Waals surface area contributed by atoms with Crippen molar-refractivity contribution in [3.8, 4) is 0 Å². The largest absolute Gasteiger partial charge is 0.396 e. The van der Waals surface area contributed by atoms with Gasteiger partial charge in [-0.05, 0) is 56.2 Å². The number of amides is 1. The minimum absolute atomic E-state index is 0.00640. The first-order chi connectivity index (χ1) is 9.19. The minimum Gasteiger partial charge on any atom is -0.396 e. The highest BCUT2D eigenvalue weighted by molar-refractivity contribution is 9.10. The molecule has 2 N–H and O–H groups in total. The van der Waals surface area contributed by atoms with Crippen molar-refractivity contribution in [2.24, 2.45) is 5.92 Å². The van der Waals surface area contributed by atoms with E-state index >= 15 is 0 Å². The lowest BCUT2D eigenvalue weighted by Gasteiger charge is -2.28. The van der Waals surface area contributed by atoms with Gasteiger partial charge < -0.3 is 10.4 Å². The molecule has 0 heterocycles. The van der Waals surface area contributed by atoms with E-state index in [0.717, 1.165) is 36.6 Å². The van der Waals surface area contributed by atoms with Gasteiger partial charge in [0.2, 0.25) is 0 Å². The fourth-order valence-electron chi connectivity index (χ4n) is 2.68. The molecular formula is C15H20BrNO2. The van der Waals surface area contributed by atoms with E-state index in [2.05, 4.69) is 21.2 Å². The molecule has 0 saturated heterocycles. The predicted octanol–water partition coefficient (Wildman–Crippen LogP) is 3.12. The first kappa shape index (κ1) is 14.5. The molecule has 3 nitrogen and oxygen atoms in total. The molecule has 1 fully saturated rings. The smallest absolute Gasteiger partial charge is 0.251 e. The molecule has 2 rings (SSSR count). The van der Waals surface area contributed by atoms with Gasteiger partial charge in [-0.3, -0.25) is 4.79 Å². The Hall–Kier alpha value is -0.870. The fourth-order valence-corrected chi connectivity index (χ4v) is 3.08. The lowest BCUT2D eigenvalue weighted by Crippen LogP contribution is -2.37. The molecule has 0 radical (unpaired) electrons. The van der Waals surface area contributed by atoms with E-state index in [4.69, 9.17) is 5.11 Å². The number of nitrogens with one attached hydrogen (secondary N) is 1. The summed E-state index contributed by atoms with van der Waals surface area (Å²) < 4.78 is 0.923. The maximum atomic E-state index is 12.1. The summed E-state index contributed by atoms with van der Waals surface area (Å²) in [4.78, 5) is 12.1. The van der Waals surface area contributed by atoms with Gasteiger partial charge >= 0.3 is 0 Å². The van der Waals surface area contributed by atoms with Crippen molar-refractivity contribution in [2.75, 3.05) is 6.61 Å². The third-order valence-electron chi connectivity index (χ3n) is 3.81. The maximum absolute atomic E-state index is 12.1. The van der Waals surface area contributed by atoms with Crippen molar-refractivity contribution < 1.29 is 9.90 Å². The van der Waals surface area contributed by atoms with Gasteiger partial charge in [-0.25, -0.2) is 0 Å². The van der Waals surface area contributed by atoms with Crippen LogP contribution in [0.5, 0.6) is 0 Å². The van der Waals surface area contributed by atoms with Crippen molar-refractivity contribution >= 4 is 21.8 Å². The number of benzene rings is 1. The number of hydrogen-bond acceptors (Lipinski definition) is 2. The summed E-state index contributed by atoms with van der Waals surface area (Å²) in [5, 5.41) is 12.0. The molecule has 1 amide bonds. The van der Waals surface area contributed by atoms with Crippen LogP contribution in [0.4, 0.5) is 0 Å². The summed E-state index contributed by atoms with van der Waals surface area (Å²) in [6, 6.07) is 7.74. The van der Waals surface area contributed by atoms with E-state index < -0.39 is 0 Å². The molecule has 1 aromatic rings. The molecular weight excluding hydrogens is 306 g/mol. The number of hydrogen-bond donors (Lipinski definition) is 2. The van der Waals surface area contributed by atoms with Gasteiger partial charge in [-0.2, -0.15) is 0 Å². The third-order valence-corrected chi connectivity index (χ3v) is 4.30. The Morgan fingerprint density at radius 3 is 2.68 bits per heavy atom. The molecule has 4 heteroatoms. The van der Waals surface area contributed by atoms with E-state index in [0.29, 0.717) is 11.5 Å². The van der Waals surface area contributed by atoms with Crippen LogP contribution in [0.1, 0.15) is 42.5 Å². The van der Waals surface area contributed by atoms with Crippen LogP contribution in [0.15, 0.2) is 28.7 Å². The van der Waals surface area contributed by atoms with Crippen LogP contribution >= 0.6 is 15.9 Å². The zero-order valence-corrected chi connectivity index (χ0v) is 12.5. The van der Waals surface area contributed by atoms with Crippen molar-refractivity contribution in [1.29, 1.82) is 0 Å². The van der Waals surface area contributed by atoms with Gasteiger partial charge in [0.1, 0.15) is 0 Å². The number of carbonyl (C=O) groups excluding carboxylic acids is 1. The molecule has 1 aliphatic carbocycles. The van der Waals surface area contributed by atoms with Crippen molar-refractivity contribution in [3.05, 3.63) is 34.3 Å². The second kappa shape index (κ2) is 7.06. The average molecular weight is 326 g/mol. The van der Waals surface area contributed by atoms with Crippen LogP contribution in [0, 0.1) is 5.92 Å². The molecule has 1 saturated carbocycles. The Kier molecular flexibility index (Phi) is 5.40. The number of aliphatic hydroxyl groups excluding tert-OH is 1. The molecule has 0 bridgehead atoms. The van der Waals surface area contributed by atoms with Gasteiger partial charge in [0, 0.05) is 22.7 Å². The van der Waals surface area contributed by atoms with E-state index in [-0.39, 0.29) is 18.6 Å². The Labute approximate surface area is 122 Å². The lowest BCUT2D eigenvalue weighted by atomic mass is 9.84. The van der Waals surface area contributed by atoms with Gasteiger partial charge in [0.25, 0.3) is 5.91 Å². The summed E-state index contributed by atoms with van der Waals surface area (Å²) in [6.07, 6.45) is 5.13. The van der Waals surface area contributed by atoms with Gasteiger partial charge in [0.05, 0.1) is 0 Å². The lowest BCUT2D eigenvalue weighted by molar-refractivity contribution is 0.0918. The topological polar surface area (TPSA) is 49.3 Å². The van der Waals surface area contributed by atoms with Crippen LogP contribution < -0.4 is 5.32 Å². The van der Waals surface area contributed by atoms with Crippen LogP contribution in [0.3, 0.4) is 0 Å². The number of carbonyl (C=O) groups is 1. The average Bonchev–Trinajstić information content (AvgIpc) is 2.41. The zero-order valence-electron chi connectivity index (χ0n) is 10.9. The van der Waals surface area contributed by atoms with E-state index in [9.17, 15) is 4.79 Å². The van der Waals surface area contributed by atoms with Gasteiger partial charge in [-0.15, -0.1) is 0 Å². The Morgan fingerprint density at radius 1 is 1.32 bits per heavy atom. The Morgan fingerprint density at radius 2 is 2.05 bits per heavy atom. The molecule has 104 valence electrons. The zero-order chi connectivity index (χ0) is 13.7. The highest BCUT2D eigenvalue weighted by atomic mass is 79.9. The monoisotopic (exact) mass is 325 g/mol. The maximum Gasteiger partial charge on any atom is 0.251 e. The first-order valence-electron chi connectivity index (χ1n) is 6.86. The van der Waals surface area contributed by atoms with Crippen LogP contribution in [0.2, 0.25) is 0 Å². The second-order valence-corrected chi connectivity index (χ2v) is 6.13. The Balaban J connectivity index is 1.84.